The number of fused-ring (bicyclic) bond motifs is 1. The molecule has 0 amide bonds. The van der Waals surface area contributed by atoms with E-state index in [1.165, 1.54) is 35.6 Å². The summed E-state index contributed by atoms with van der Waals surface area (Å²) in [6.07, 6.45) is 2.52. The molecule has 0 aromatic heterocycles. The normalized spacial score (nSPS) is 19.1. The lowest BCUT2D eigenvalue weighted by atomic mass is 10.1. The molecule has 0 radical (unpaired) electrons. The van der Waals surface area contributed by atoms with Crippen molar-refractivity contribution in [2.45, 2.75) is 39.3 Å². The Morgan fingerprint density at radius 3 is 2.95 bits per heavy atom. The van der Waals surface area contributed by atoms with E-state index in [4.69, 9.17) is 0 Å². The highest BCUT2D eigenvalue weighted by molar-refractivity contribution is 7.99. The topological polar surface area (TPSA) is 15.3 Å². The predicted molar refractivity (Wildman–Crippen MR) is 87.2 cm³/mol. The van der Waals surface area contributed by atoms with Crippen LogP contribution in [-0.2, 0) is 6.54 Å². The second kappa shape index (κ2) is 7.81. The fourth-order valence-electron chi connectivity index (χ4n) is 2.72. The average molecular weight is 278 g/mol. The third-order valence-electron chi connectivity index (χ3n) is 3.70. The van der Waals surface area contributed by atoms with Gasteiger partial charge in [0.05, 0.1) is 0 Å². The van der Waals surface area contributed by atoms with Crippen LogP contribution in [0, 0.1) is 0 Å². The molecule has 0 fully saturated rings. The highest BCUT2D eigenvalue weighted by Crippen LogP contribution is 2.24. The zero-order valence-corrected chi connectivity index (χ0v) is 13.0. The molecule has 2 nitrogen and oxygen atoms in total. The van der Waals surface area contributed by atoms with E-state index in [0.29, 0.717) is 6.04 Å². The molecule has 1 aromatic rings. The van der Waals surface area contributed by atoms with Gasteiger partial charge < -0.3 is 10.2 Å². The molecular formula is C16H26N2S. The first-order valence-corrected chi connectivity index (χ1v) is 8.64. The highest BCUT2D eigenvalue weighted by Gasteiger charge is 2.20. The molecule has 2 rings (SSSR count). The maximum absolute atomic E-state index is 3.71. The fourth-order valence-corrected chi connectivity index (χ4v) is 3.36. The standard InChI is InChI=1S/C16H26N2S/c1-3-7-15-13-18(10-11-19-4-2)16-9-6-5-8-14(16)12-17-15/h5-6,8-9,15,17H,3-4,7,10-13H2,1-2H3. The van der Waals surface area contributed by atoms with E-state index in [2.05, 4.69) is 48.3 Å². The summed E-state index contributed by atoms with van der Waals surface area (Å²) in [5, 5.41) is 3.71. The van der Waals surface area contributed by atoms with Crippen molar-refractivity contribution in [3.63, 3.8) is 0 Å². The lowest BCUT2D eigenvalue weighted by Crippen LogP contribution is -2.39. The Hall–Kier alpha value is -0.670. The van der Waals surface area contributed by atoms with Gasteiger partial charge in [-0.2, -0.15) is 11.8 Å². The molecule has 0 saturated carbocycles. The van der Waals surface area contributed by atoms with Crippen LogP contribution in [0.25, 0.3) is 0 Å². The van der Waals surface area contributed by atoms with Crippen LogP contribution in [0.4, 0.5) is 5.69 Å². The summed E-state index contributed by atoms with van der Waals surface area (Å²) in [5.74, 6) is 2.44. The van der Waals surface area contributed by atoms with Crippen molar-refractivity contribution >= 4 is 17.4 Å². The molecule has 0 aliphatic carbocycles. The second-order valence-electron chi connectivity index (χ2n) is 5.14. The number of anilines is 1. The van der Waals surface area contributed by atoms with Gasteiger partial charge in [0, 0.05) is 37.1 Å². The van der Waals surface area contributed by atoms with E-state index in [9.17, 15) is 0 Å². The number of nitrogens with one attached hydrogen (secondary N) is 1. The number of benzene rings is 1. The Morgan fingerprint density at radius 2 is 2.16 bits per heavy atom. The van der Waals surface area contributed by atoms with Crippen LogP contribution in [0.3, 0.4) is 0 Å². The van der Waals surface area contributed by atoms with E-state index in [1.807, 2.05) is 11.8 Å². The molecule has 1 aliphatic rings. The van der Waals surface area contributed by atoms with Crippen LogP contribution in [-0.4, -0.2) is 30.6 Å². The summed E-state index contributed by atoms with van der Waals surface area (Å²) in [5.41, 5.74) is 2.88. The third-order valence-corrected chi connectivity index (χ3v) is 4.58. The van der Waals surface area contributed by atoms with E-state index >= 15 is 0 Å². The molecule has 19 heavy (non-hydrogen) atoms. The summed E-state index contributed by atoms with van der Waals surface area (Å²) < 4.78 is 0. The summed E-state index contributed by atoms with van der Waals surface area (Å²) in [6, 6.07) is 9.49. The Labute approximate surface area is 122 Å². The summed E-state index contributed by atoms with van der Waals surface area (Å²) >= 11 is 2.04. The molecular weight excluding hydrogens is 252 g/mol. The Bertz CT molecular complexity index is 381. The zero-order chi connectivity index (χ0) is 13.5. The Balaban J connectivity index is 2.09. The zero-order valence-electron chi connectivity index (χ0n) is 12.2. The summed E-state index contributed by atoms with van der Waals surface area (Å²) in [7, 11) is 0. The second-order valence-corrected chi connectivity index (χ2v) is 6.53. The molecule has 1 heterocycles. The smallest absolute Gasteiger partial charge is 0.0412 e. The Kier molecular flexibility index (Phi) is 6.05. The van der Waals surface area contributed by atoms with Crippen molar-refractivity contribution in [1.29, 1.82) is 0 Å². The minimum absolute atomic E-state index is 0.629. The monoisotopic (exact) mass is 278 g/mol. The minimum Gasteiger partial charge on any atom is -0.369 e. The third kappa shape index (κ3) is 4.15. The molecule has 1 atom stereocenters. The van der Waals surface area contributed by atoms with Gasteiger partial charge >= 0.3 is 0 Å². The van der Waals surface area contributed by atoms with Crippen molar-refractivity contribution < 1.29 is 0 Å². The van der Waals surface area contributed by atoms with Crippen LogP contribution >= 0.6 is 11.8 Å². The van der Waals surface area contributed by atoms with Crippen LogP contribution in [0.15, 0.2) is 24.3 Å². The van der Waals surface area contributed by atoms with Gasteiger partial charge in [-0.15, -0.1) is 0 Å². The summed E-state index contributed by atoms with van der Waals surface area (Å²) in [4.78, 5) is 2.58. The number of hydrogen-bond donors (Lipinski definition) is 1. The number of para-hydroxylation sites is 1. The van der Waals surface area contributed by atoms with Gasteiger partial charge in [0.25, 0.3) is 0 Å². The van der Waals surface area contributed by atoms with Gasteiger partial charge in [0.2, 0.25) is 0 Å². The highest BCUT2D eigenvalue weighted by atomic mass is 32.2. The van der Waals surface area contributed by atoms with E-state index in [-0.39, 0.29) is 0 Å². The van der Waals surface area contributed by atoms with Crippen molar-refractivity contribution in [3.05, 3.63) is 29.8 Å². The average Bonchev–Trinajstić information content (AvgIpc) is 2.60. The van der Waals surface area contributed by atoms with Crippen LogP contribution in [0.2, 0.25) is 0 Å². The molecule has 0 saturated heterocycles. The molecule has 0 bridgehead atoms. The molecule has 3 heteroatoms. The maximum atomic E-state index is 3.71. The van der Waals surface area contributed by atoms with Crippen molar-refractivity contribution in [1.82, 2.24) is 5.32 Å². The first kappa shape index (κ1) is 14.7. The van der Waals surface area contributed by atoms with Crippen LogP contribution in [0.5, 0.6) is 0 Å². The van der Waals surface area contributed by atoms with Gasteiger partial charge in [-0.05, 0) is 23.8 Å². The summed E-state index contributed by atoms with van der Waals surface area (Å²) in [6.45, 7) is 7.84. The number of rotatable bonds is 6. The number of hydrogen-bond acceptors (Lipinski definition) is 3. The molecule has 1 unspecified atom stereocenters. The van der Waals surface area contributed by atoms with Gasteiger partial charge in [-0.25, -0.2) is 0 Å². The van der Waals surface area contributed by atoms with Crippen molar-refractivity contribution in [2.75, 3.05) is 29.5 Å². The largest absolute Gasteiger partial charge is 0.369 e. The molecule has 1 aliphatic heterocycles. The van der Waals surface area contributed by atoms with Gasteiger partial charge in [-0.1, -0.05) is 38.5 Å². The van der Waals surface area contributed by atoms with E-state index < -0.39 is 0 Å². The SMILES string of the molecule is CCCC1CN(CCSCC)c2ccccc2CN1. The first-order valence-electron chi connectivity index (χ1n) is 7.49. The number of thioether (sulfide) groups is 1. The van der Waals surface area contributed by atoms with Crippen LogP contribution in [0.1, 0.15) is 32.3 Å². The van der Waals surface area contributed by atoms with Crippen LogP contribution < -0.4 is 10.2 Å². The Morgan fingerprint density at radius 1 is 1.32 bits per heavy atom. The van der Waals surface area contributed by atoms with Gasteiger partial charge in [-0.3, -0.25) is 0 Å². The maximum Gasteiger partial charge on any atom is 0.0412 e. The van der Waals surface area contributed by atoms with Crippen molar-refractivity contribution in [3.8, 4) is 0 Å². The first-order chi connectivity index (χ1) is 9.35. The quantitative estimate of drug-likeness (QED) is 0.802. The minimum atomic E-state index is 0.629. The molecule has 1 aromatic carbocycles. The molecule has 0 spiro atoms. The number of nitrogens with zero attached hydrogens (tertiary/aromatic N) is 1. The molecule has 106 valence electrons. The van der Waals surface area contributed by atoms with E-state index in [0.717, 1.165) is 19.6 Å². The predicted octanol–water partition coefficient (Wildman–Crippen LogP) is 3.52. The van der Waals surface area contributed by atoms with Gasteiger partial charge in [0.1, 0.15) is 0 Å². The van der Waals surface area contributed by atoms with Crippen molar-refractivity contribution in [2.24, 2.45) is 0 Å². The fraction of sp³-hybridized carbons (Fsp3) is 0.625. The molecule has 1 N–H and O–H groups in total. The van der Waals surface area contributed by atoms with Gasteiger partial charge in [0.15, 0.2) is 0 Å². The lowest BCUT2D eigenvalue weighted by Gasteiger charge is -2.27. The lowest BCUT2D eigenvalue weighted by molar-refractivity contribution is 0.482. The van der Waals surface area contributed by atoms with E-state index in [1.54, 1.807) is 0 Å².